The van der Waals surface area contributed by atoms with Crippen molar-refractivity contribution >= 4 is 21.7 Å². The molecule has 1 heterocycles. The Morgan fingerprint density at radius 1 is 1.18 bits per heavy atom. The SMILES string of the molecule is Cc1cccnc1C(=O)C(Br)c1ccccc1. The molecule has 0 aliphatic heterocycles. The molecule has 1 aromatic heterocycles. The van der Waals surface area contributed by atoms with Gasteiger partial charge in [-0.2, -0.15) is 0 Å². The quantitative estimate of drug-likeness (QED) is 0.637. The van der Waals surface area contributed by atoms with E-state index in [-0.39, 0.29) is 10.6 Å². The number of pyridine rings is 1. The molecule has 0 fully saturated rings. The van der Waals surface area contributed by atoms with Gasteiger partial charge in [0.05, 0.1) is 0 Å². The molecule has 0 amide bonds. The first kappa shape index (κ1) is 12.0. The zero-order valence-electron chi connectivity index (χ0n) is 9.43. The number of benzene rings is 1. The number of aromatic nitrogens is 1. The standard InChI is InChI=1S/C14H12BrNO/c1-10-6-5-9-16-13(10)14(17)12(15)11-7-3-2-4-8-11/h2-9,12H,1H3. The monoisotopic (exact) mass is 289 g/mol. The van der Waals surface area contributed by atoms with Crippen LogP contribution in [0.4, 0.5) is 0 Å². The zero-order chi connectivity index (χ0) is 12.3. The molecular formula is C14H12BrNO. The Hall–Kier alpha value is -1.48. The van der Waals surface area contributed by atoms with E-state index in [0.717, 1.165) is 11.1 Å². The Labute approximate surface area is 109 Å². The summed E-state index contributed by atoms with van der Waals surface area (Å²) in [7, 11) is 0. The lowest BCUT2D eigenvalue weighted by atomic mass is 10.0. The van der Waals surface area contributed by atoms with E-state index < -0.39 is 0 Å². The van der Waals surface area contributed by atoms with Gasteiger partial charge in [0.1, 0.15) is 10.5 Å². The van der Waals surface area contributed by atoms with Gasteiger partial charge in [-0.25, -0.2) is 0 Å². The largest absolute Gasteiger partial charge is 0.291 e. The van der Waals surface area contributed by atoms with Gasteiger partial charge >= 0.3 is 0 Å². The lowest BCUT2D eigenvalue weighted by Crippen LogP contribution is -2.10. The fraction of sp³-hybridized carbons (Fsp3) is 0.143. The highest BCUT2D eigenvalue weighted by atomic mass is 79.9. The molecule has 0 aliphatic carbocycles. The maximum Gasteiger partial charge on any atom is 0.199 e. The number of aryl methyl sites for hydroxylation is 1. The van der Waals surface area contributed by atoms with E-state index in [9.17, 15) is 4.79 Å². The Kier molecular flexibility index (Phi) is 3.69. The third-order valence-corrected chi connectivity index (χ3v) is 3.51. The second-order valence-corrected chi connectivity index (χ2v) is 4.72. The van der Waals surface area contributed by atoms with Gasteiger partial charge in [0.15, 0.2) is 5.78 Å². The van der Waals surface area contributed by atoms with E-state index in [1.807, 2.05) is 49.4 Å². The van der Waals surface area contributed by atoms with Crippen LogP contribution in [0.15, 0.2) is 48.7 Å². The normalized spacial score (nSPS) is 12.1. The summed E-state index contributed by atoms with van der Waals surface area (Å²) in [6.45, 7) is 1.89. The second kappa shape index (κ2) is 5.23. The molecule has 2 rings (SSSR count). The smallest absolute Gasteiger partial charge is 0.199 e. The minimum Gasteiger partial charge on any atom is -0.291 e. The molecule has 3 heteroatoms. The van der Waals surface area contributed by atoms with Gasteiger partial charge in [0, 0.05) is 6.20 Å². The van der Waals surface area contributed by atoms with Crippen molar-refractivity contribution in [3.8, 4) is 0 Å². The van der Waals surface area contributed by atoms with E-state index in [0.29, 0.717) is 5.69 Å². The molecule has 0 bridgehead atoms. The zero-order valence-corrected chi connectivity index (χ0v) is 11.0. The fourth-order valence-electron chi connectivity index (χ4n) is 1.64. The predicted molar refractivity (Wildman–Crippen MR) is 71.4 cm³/mol. The van der Waals surface area contributed by atoms with Crippen LogP contribution in [-0.4, -0.2) is 10.8 Å². The molecule has 1 unspecified atom stereocenters. The molecule has 1 atom stereocenters. The van der Waals surface area contributed by atoms with Gasteiger partial charge < -0.3 is 0 Å². The van der Waals surface area contributed by atoms with E-state index in [4.69, 9.17) is 0 Å². The molecular weight excluding hydrogens is 278 g/mol. The van der Waals surface area contributed by atoms with Crippen LogP contribution < -0.4 is 0 Å². The second-order valence-electron chi connectivity index (χ2n) is 3.81. The topological polar surface area (TPSA) is 30.0 Å². The van der Waals surface area contributed by atoms with Crippen molar-refractivity contribution in [2.75, 3.05) is 0 Å². The van der Waals surface area contributed by atoms with Crippen LogP contribution in [0.5, 0.6) is 0 Å². The molecule has 0 spiro atoms. The number of hydrogen-bond acceptors (Lipinski definition) is 2. The lowest BCUT2D eigenvalue weighted by Gasteiger charge is -2.10. The summed E-state index contributed by atoms with van der Waals surface area (Å²) < 4.78 is 0. The van der Waals surface area contributed by atoms with Crippen LogP contribution in [-0.2, 0) is 0 Å². The molecule has 2 aromatic rings. The molecule has 0 N–H and O–H groups in total. The van der Waals surface area contributed by atoms with Crippen molar-refractivity contribution < 1.29 is 4.79 Å². The highest BCUT2D eigenvalue weighted by Gasteiger charge is 2.21. The van der Waals surface area contributed by atoms with Gasteiger partial charge in [-0.05, 0) is 24.1 Å². The Morgan fingerprint density at radius 2 is 1.88 bits per heavy atom. The first-order valence-corrected chi connectivity index (χ1v) is 6.26. The van der Waals surface area contributed by atoms with Crippen LogP contribution in [0.3, 0.4) is 0 Å². The average Bonchev–Trinajstić information content (AvgIpc) is 2.39. The van der Waals surface area contributed by atoms with Gasteiger partial charge in [-0.3, -0.25) is 9.78 Å². The van der Waals surface area contributed by atoms with Gasteiger partial charge in [0.2, 0.25) is 0 Å². The number of halogens is 1. The summed E-state index contributed by atoms with van der Waals surface area (Å²) in [5.74, 6) is -0.00528. The number of alkyl halides is 1. The number of Topliss-reactive ketones (excluding diaryl/α,β-unsaturated/α-hetero) is 1. The summed E-state index contributed by atoms with van der Waals surface area (Å²) in [4.78, 5) is 16.1. The number of carbonyl (C=O) groups excluding carboxylic acids is 1. The van der Waals surface area contributed by atoms with Gasteiger partial charge in [0.25, 0.3) is 0 Å². The van der Waals surface area contributed by atoms with E-state index in [2.05, 4.69) is 20.9 Å². The fourth-order valence-corrected chi connectivity index (χ4v) is 2.16. The van der Waals surface area contributed by atoms with Gasteiger partial charge in [-0.1, -0.05) is 52.3 Å². The Balaban J connectivity index is 2.30. The Morgan fingerprint density at radius 3 is 2.53 bits per heavy atom. The first-order chi connectivity index (χ1) is 8.20. The van der Waals surface area contributed by atoms with Crippen molar-refractivity contribution in [2.24, 2.45) is 0 Å². The summed E-state index contributed by atoms with van der Waals surface area (Å²) in [5, 5.41) is 0. The van der Waals surface area contributed by atoms with E-state index in [1.165, 1.54) is 0 Å². The summed E-state index contributed by atoms with van der Waals surface area (Å²) in [6, 6.07) is 13.3. The minimum atomic E-state index is -0.336. The maximum atomic E-state index is 12.3. The molecule has 1 aromatic carbocycles. The third kappa shape index (κ3) is 2.61. The van der Waals surface area contributed by atoms with Gasteiger partial charge in [-0.15, -0.1) is 0 Å². The molecule has 2 nitrogen and oxygen atoms in total. The molecule has 0 radical (unpaired) electrons. The lowest BCUT2D eigenvalue weighted by molar-refractivity contribution is 0.0986. The Bertz CT molecular complexity index is 525. The van der Waals surface area contributed by atoms with E-state index >= 15 is 0 Å². The van der Waals surface area contributed by atoms with Crippen molar-refractivity contribution in [3.05, 3.63) is 65.5 Å². The van der Waals surface area contributed by atoms with Crippen LogP contribution >= 0.6 is 15.9 Å². The number of carbonyl (C=O) groups is 1. The third-order valence-electron chi connectivity index (χ3n) is 2.57. The van der Waals surface area contributed by atoms with Crippen molar-refractivity contribution in [1.82, 2.24) is 4.98 Å². The molecule has 0 aliphatic rings. The highest BCUT2D eigenvalue weighted by molar-refractivity contribution is 9.09. The number of nitrogens with zero attached hydrogens (tertiary/aromatic N) is 1. The maximum absolute atomic E-state index is 12.3. The first-order valence-electron chi connectivity index (χ1n) is 5.35. The number of rotatable bonds is 3. The van der Waals surface area contributed by atoms with Crippen LogP contribution in [0.1, 0.15) is 26.4 Å². The summed E-state index contributed by atoms with van der Waals surface area (Å²) in [5.41, 5.74) is 2.37. The molecule has 0 saturated carbocycles. The van der Waals surface area contributed by atoms with Crippen molar-refractivity contribution in [1.29, 1.82) is 0 Å². The molecule has 0 saturated heterocycles. The summed E-state index contributed by atoms with van der Waals surface area (Å²) >= 11 is 3.43. The van der Waals surface area contributed by atoms with Crippen molar-refractivity contribution in [3.63, 3.8) is 0 Å². The average molecular weight is 290 g/mol. The van der Waals surface area contributed by atoms with Crippen LogP contribution in [0.2, 0.25) is 0 Å². The minimum absolute atomic E-state index is 0.00528. The molecule has 86 valence electrons. The van der Waals surface area contributed by atoms with Crippen LogP contribution in [0.25, 0.3) is 0 Å². The van der Waals surface area contributed by atoms with Crippen molar-refractivity contribution in [2.45, 2.75) is 11.8 Å². The number of ketones is 1. The van der Waals surface area contributed by atoms with E-state index in [1.54, 1.807) is 6.20 Å². The van der Waals surface area contributed by atoms with Crippen LogP contribution in [0, 0.1) is 6.92 Å². The summed E-state index contributed by atoms with van der Waals surface area (Å²) in [6.07, 6.45) is 1.64. The highest BCUT2D eigenvalue weighted by Crippen LogP contribution is 2.26. The predicted octanol–water partition coefficient (Wildman–Crippen LogP) is 3.71. The number of hydrogen-bond donors (Lipinski definition) is 0. The molecule has 17 heavy (non-hydrogen) atoms.